The van der Waals surface area contributed by atoms with E-state index in [1.807, 2.05) is 17.9 Å². The smallest absolute Gasteiger partial charge is 0.182 e. The van der Waals surface area contributed by atoms with Crippen LogP contribution < -0.4 is 4.90 Å². The van der Waals surface area contributed by atoms with E-state index in [2.05, 4.69) is 15.1 Å². The van der Waals surface area contributed by atoms with Gasteiger partial charge in [0.1, 0.15) is 0 Å². The van der Waals surface area contributed by atoms with E-state index in [0.717, 1.165) is 37.1 Å². The van der Waals surface area contributed by atoms with Crippen molar-refractivity contribution in [2.45, 2.75) is 13.5 Å². The molecule has 0 saturated carbocycles. The number of rotatable bonds is 3. The number of hydrogen-bond donors (Lipinski definition) is 1. The highest BCUT2D eigenvalue weighted by Gasteiger charge is 2.21. The minimum absolute atomic E-state index is 0.352. The van der Waals surface area contributed by atoms with Gasteiger partial charge in [0.25, 0.3) is 0 Å². The van der Waals surface area contributed by atoms with E-state index in [-0.39, 0.29) is 0 Å². The SMILES string of the molecule is Cc1cc(CN2CCN(c3cccc(F)c3F)CC2)n[nH]1. The topological polar surface area (TPSA) is 35.2 Å². The maximum Gasteiger partial charge on any atom is 0.182 e. The fraction of sp³-hybridized carbons (Fsp3) is 0.400. The maximum absolute atomic E-state index is 13.8. The van der Waals surface area contributed by atoms with Crippen LogP contribution in [0.1, 0.15) is 11.4 Å². The third kappa shape index (κ3) is 3.05. The number of nitrogens with zero attached hydrogens (tertiary/aromatic N) is 3. The normalized spacial score (nSPS) is 16.4. The Kier molecular flexibility index (Phi) is 3.88. The van der Waals surface area contributed by atoms with Gasteiger partial charge in [-0.25, -0.2) is 8.78 Å². The Balaban J connectivity index is 1.61. The van der Waals surface area contributed by atoms with E-state index in [0.29, 0.717) is 18.8 Å². The van der Waals surface area contributed by atoms with Crippen molar-refractivity contribution in [3.05, 3.63) is 47.3 Å². The number of anilines is 1. The molecular weight excluding hydrogens is 274 g/mol. The first-order valence-corrected chi connectivity index (χ1v) is 7.05. The summed E-state index contributed by atoms with van der Waals surface area (Å²) in [4.78, 5) is 4.16. The summed E-state index contributed by atoms with van der Waals surface area (Å²) in [6, 6.07) is 6.35. The van der Waals surface area contributed by atoms with Gasteiger partial charge >= 0.3 is 0 Å². The molecule has 1 N–H and O–H groups in total. The van der Waals surface area contributed by atoms with E-state index in [9.17, 15) is 8.78 Å². The van der Waals surface area contributed by atoms with Crippen molar-refractivity contribution < 1.29 is 8.78 Å². The van der Waals surface area contributed by atoms with Gasteiger partial charge in [-0.15, -0.1) is 0 Å². The number of benzene rings is 1. The van der Waals surface area contributed by atoms with Crippen molar-refractivity contribution in [3.8, 4) is 0 Å². The van der Waals surface area contributed by atoms with E-state index in [1.165, 1.54) is 0 Å². The molecule has 3 rings (SSSR count). The van der Waals surface area contributed by atoms with Gasteiger partial charge in [-0.3, -0.25) is 10.00 Å². The van der Waals surface area contributed by atoms with Gasteiger partial charge in [-0.2, -0.15) is 5.10 Å². The summed E-state index contributed by atoms with van der Waals surface area (Å²) in [6.45, 7) is 5.74. The molecule has 0 atom stereocenters. The first kappa shape index (κ1) is 14.0. The monoisotopic (exact) mass is 292 g/mol. The van der Waals surface area contributed by atoms with Crippen LogP contribution in [0.4, 0.5) is 14.5 Å². The molecule has 1 aliphatic rings. The van der Waals surface area contributed by atoms with Crippen LogP contribution in [0.3, 0.4) is 0 Å². The van der Waals surface area contributed by atoms with Crippen LogP contribution in [0.2, 0.25) is 0 Å². The molecule has 21 heavy (non-hydrogen) atoms. The zero-order chi connectivity index (χ0) is 14.8. The molecule has 0 bridgehead atoms. The molecule has 2 heterocycles. The first-order valence-electron chi connectivity index (χ1n) is 7.05. The lowest BCUT2D eigenvalue weighted by molar-refractivity contribution is 0.246. The summed E-state index contributed by atoms with van der Waals surface area (Å²) in [5.41, 5.74) is 2.41. The Morgan fingerprint density at radius 1 is 1.19 bits per heavy atom. The van der Waals surface area contributed by atoms with Crippen LogP contribution in [0.5, 0.6) is 0 Å². The Labute approximate surface area is 122 Å². The Morgan fingerprint density at radius 3 is 2.62 bits per heavy atom. The Bertz CT molecular complexity index is 618. The third-order valence-corrected chi connectivity index (χ3v) is 3.79. The zero-order valence-electron chi connectivity index (χ0n) is 11.9. The van der Waals surface area contributed by atoms with E-state index in [4.69, 9.17) is 0 Å². The van der Waals surface area contributed by atoms with Crippen molar-refractivity contribution in [2.75, 3.05) is 31.1 Å². The molecule has 1 aliphatic heterocycles. The molecule has 4 nitrogen and oxygen atoms in total. The number of hydrogen-bond acceptors (Lipinski definition) is 3. The molecule has 1 aromatic heterocycles. The number of H-pyrrole nitrogens is 1. The maximum atomic E-state index is 13.8. The van der Waals surface area contributed by atoms with Gasteiger partial charge in [0.05, 0.1) is 11.4 Å². The highest BCUT2D eigenvalue weighted by molar-refractivity contribution is 5.48. The Morgan fingerprint density at radius 2 is 1.95 bits per heavy atom. The first-order chi connectivity index (χ1) is 10.1. The molecule has 1 fully saturated rings. The molecule has 1 aromatic carbocycles. The summed E-state index contributed by atoms with van der Waals surface area (Å²) in [5, 5.41) is 7.15. The number of piperazine rings is 1. The lowest BCUT2D eigenvalue weighted by atomic mass is 10.2. The molecule has 1 saturated heterocycles. The summed E-state index contributed by atoms with van der Waals surface area (Å²) in [7, 11) is 0. The fourth-order valence-corrected chi connectivity index (χ4v) is 2.67. The number of aromatic amines is 1. The molecule has 0 unspecified atom stereocenters. The number of aromatic nitrogens is 2. The molecule has 0 aliphatic carbocycles. The predicted octanol–water partition coefficient (Wildman–Crippen LogP) is 2.32. The summed E-state index contributed by atoms with van der Waals surface area (Å²) >= 11 is 0. The van der Waals surface area contributed by atoms with E-state index >= 15 is 0 Å². The lowest BCUT2D eigenvalue weighted by Gasteiger charge is -2.35. The van der Waals surface area contributed by atoms with Crippen LogP contribution >= 0.6 is 0 Å². The second-order valence-corrected chi connectivity index (χ2v) is 5.38. The molecule has 6 heteroatoms. The van der Waals surface area contributed by atoms with Gasteiger partial charge < -0.3 is 4.90 Å². The molecule has 2 aromatic rings. The minimum atomic E-state index is -0.790. The lowest BCUT2D eigenvalue weighted by Crippen LogP contribution is -2.46. The van der Waals surface area contributed by atoms with Gasteiger partial charge in [0.2, 0.25) is 0 Å². The van der Waals surface area contributed by atoms with Gasteiger partial charge in [-0.05, 0) is 25.1 Å². The standard InChI is InChI=1S/C15H18F2N4/c1-11-9-12(19-18-11)10-20-5-7-21(8-6-20)14-4-2-3-13(16)15(14)17/h2-4,9H,5-8,10H2,1H3,(H,18,19). The van der Waals surface area contributed by atoms with Crippen LogP contribution in [-0.2, 0) is 6.54 Å². The van der Waals surface area contributed by atoms with Gasteiger partial charge in [0.15, 0.2) is 11.6 Å². The van der Waals surface area contributed by atoms with Crippen LogP contribution in [0, 0.1) is 18.6 Å². The summed E-state index contributed by atoms with van der Waals surface area (Å²) in [6.07, 6.45) is 0. The highest BCUT2D eigenvalue weighted by atomic mass is 19.2. The van der Waals surface area contributed by atoms with Crippen molar-refractivity contribution in [1.82, 2.24) is 15.1 Å². The Hall–Kier alpha value is -1.95. The zero-order valence-corrected chi connectivity index (χ0v) is 11.9. The second kappa shape index (κ2) is 5.81. The van der Waals surface area contributed by atoms with Gasteiger partial charge in [-0.1, -0.05) is 6.07 Å². The average Bonchev–Trinajstić information content (AvgIpc) is 2.88. The van der Waals surface area contributed by atoms with Crippen molar-refractivity contribution in [2.24, 2.45) is 0 Å². The number of aryl methyl sites for hydroxylation is 1. The van der Waals surface area contributed by atoms with Crippen molar-refractivity contribution in [1.29, 1.82) is 0 Å². The molecular formula is C15H18F2N4. The van der Waals surface area contributed by atoms with Crippen LogP contribution in [0.15, 0.2) is 24.3 Å². The molecule has 112 valence electrons. The fourth-order valence-electron chi connectivity index (χ4n) is 2.67. The average molecular weight is 292 g/mol. The predicted molar refractivity (Wildman–Crippen MR) is 77.2 cm³/mol. The summed E-state index contributed by atoms with van der Waals surface area (Å²) in [5.74, 6) is -1.55. The molecule has 0 amide bonds. The minimum Gasteiger partial charge on any atom is -0.367 e. The van der Waals surface area contributed by atoms with E-state index < -0.39 is 11.6 Å². The number of halogens is 2. The van der Waals surface area contributed by atoms with Crippen molar-refractivity contribution in [3.63, 3.8) is 0 Å². The highest BCUT2D eigenvalue weighted by Crippen LogP contribution is 2.22. The third-order valence-electron chi connectivity index (χ3n) is 3.79. The van der Waals surface area contributed by atoms with E-state index in [1.54, 1.807) is 12.1 Å². The van der Waals surface area contributed by atoms with Crippen LogP contribution in [-0.4, -0.2) is 41.3 Å². The van der Waals surface area contributed by atoms with Crippen LogP contribution in [0.25, 0.3) is 0 Å². The largest absolute Gasteiger partial charge is 0.367 e. The van der Waals surface area contributed by atoms with Crippen molar-refractivity contribution >= 4 is 5.69 Å². The summed E-state index contributed by atoms with van der Waals surface area (Å²) < 4.78 is 27.1. The quantitative estimate of drug-likeness (QED) is 0.943. The molecule has 0 spiro atoms. The number of nitrogens with one attached hydrogen (secondary N) is 1. The molecule has 0 radical (unpaired) electrons. The second-order valence-electron chi connectivity index (χ2n) is 5.38. The van der Waals surface area contributed by atoms with Gasteiger partial charge in [0, 0.05) is 38.4 Å².